The number of amides is 2. The highest BCUT2D eigenvalue weighted by Crippen LogP contribution is 2.24. The van der Waals surface area contributed by atoms with Gasteiger partial charge < -0.3 is 20.5 Å². The van der Waals surface area contributed by atoms with E-state index in [4.69, 9.17) is 9.84 Å². The predicted molar refractivity (Wildman–Crippen MR) is 120 cm³/mol. The lowest BCUT2D eigenvalue weighted by Crippen LogP contribution is -2.46. The first-order valence-electron chi connectivity index (χ1n) is 9.72. The van der Waals surface area contributed by atoms with Crippen LogP contribution < -0.4 is 10.6 Å². The van der Waals surface area contributed by atoms with Crippen LogP contribution >= 0.6 is 15.9 Å². The minimum atomic E-state index is -1.19. The molecule has 2 rings (SSSR count). The number of carboxylic acid groups (broad SMARTS) is 1. The number of alkyl carbamates (subject to hydrolysis) is 1. The van der Waals surface area contributed by atoms with Gasteiger partial charge in [0.05, 0.1) is 5.69 Å². The van der Waals surface area contributed by atoms with Crippen LogP contribution in [0.3, 0.4) is 0 Å². The monoisotopic (exact) mass is 505 g/mol. The van der Waals surface area contributed by atoms with Crippen LogP contribution in [0.25, 0.3) is 0 Å². The van der Waals surface area contributed by atoms with Gasteiger partial charge in [0.1, 0.15) is 11.6 Å². The molecule has 0 unspecified atom stereocenters. The van der Waals surface area contributed by atoms with Gasteiger partial charge in [0.25, 0.3) is 0 Å². The average Bonchev–Trinajstić information content (AvgIpc) is 2.71. The Labute approximate surface area is 193 Å². The van der Waals surface area contributed by atoms with E-state index in [2.05, 4.69) is 31.5 Å². The van der Waals surface area contributed by atoms with Crippen molar-refractivity contribution in [2.45, 2.75) is 45.3 Å². The molecule has 0 aliphatic heterocycles. The fourth-order valence-corrected chi connectivity index (χ4v) is 3.03. The molecule has 10 heteroatoms. The van der Waals surface area contributed by atoms with Crippen LogP contribution in [0.5, 0.6) is 0 Å². The summed E-state index contributed by atoms with van der Waals surface area (Å²) in [5.74, 6) is -2.17. The van der Waals surface area contributed by atoms with Crippen LogP contribution in [0.15, 0.2) is 47.2 Å². The number of carboxylic acids is 1. The molecule has 170 valence electrons. The summed E-state index contributed by atoms with van der Waals surface area (Å²) in [5, 5.41) is 14.0. The maximum Gasteiger partial charge on any atom is 0.408 e. The highest BCUT2D eigenvalue weighted by molar-refractivity contribution is 9.10. The number of ether oxygens (including phenoxy) is 1. The average molecular weight is 506 g/mol. The number of nitrogens with zero attached hydrogens (tertiary/aromatic N) is 1. The fraction of sp³-hybridized carbons (Fsp3) is 0.318. The van der Waals surface area contributed by atoms with Crippen LogP contribution in [0.4, 0.5) is 10.5 Å². The van der Waals surface area contributed by atoms with Crippen LogP contribution in [-0.4, -0.2) is 45.5 Å². The number of rotatable bonds is 8. The van der Waals surface area contributed by atoms with Crippen LogP contribution in [-0.2, 0) is 14.3 Å². The molecule has 0 aliphatic rings. The maximum absolute atomic E-state index is 12.9. The van der Waals surface area contributed by atoms with E-state index in [1.165, 1.54) is 18.5 Å². The van der Waals surface area contributed by atoms with Gasteiger partial charge in [-0.15, -0.1) is 0 Å². The molecule has 0 radical (unpaired) electrons. The van der Waals surface area contributed by atoms with Gasteiger partial charge in [-0.25, -0.2) is 4.79 Å². The number of anilines is 1. The molecule has 0 saturated heterocycles. The first kappa shape index (κ1) is 25.0. The van der Waals surface area contributed by atoms with Gasteiger partial charge in [-0.1, -0.05) is 15.9 Å². The number of aromatic nitrogens is 1. The molecule has 2 amide bonds. The van der Waals surface area contributed by atoms with Crippen molar-refractivity contribution in [2.75, 3.05) is 5.32 Å². The summed E-state index contributed by atoms with van der Waals surface area (Å²) in [4.78, 5) is 52.9. The summed E-state index contributed by atoms with van der Waals surface area (Å²) in [6.45, 7) is 4.99. The van der Waals surface area contributed by atoms with Crippen molar-refractivity contribution >= 4 is 45.4 Å². The number of aliphatic carboxylic acids is 1. The highest BCUT2D eigenvalue weighted by Gasteiger charge is 2.26. The second-order valence-electron chi connectivity index (χ2n) is 7.88. The van der Waals surface area contributed by atoms with E-state index >= 15 is 0 Å². The third-order valence-corrected chi connectivity index (χ3v) is 4.56. The van der Waals surface area contributed by atoms with Crippen molar-refractivity contribution in [3.8, 4) is 0 Å². The number of ketones is 1. The normalized spacial score (nSPS) is 11.9. The van der Waals surface area contributed by atoms with E-state index in [1.54, 1.807) is 45.0 Å². The summed E-state index contributed by atoms with van der Waals surface area (Å²) in [6.07, 6.45) is 1.58. The Kier molecular flexibility index (Phi) is 8.48. The zero-order valence-corrected chi connectivity index (χ0v) is 19.4. The predicted octanol–water partition coefficient (Wildman–Crippen LogP) is 3.77. The Morgan fingerprint density at radius 2 is 1.91 bits per heavy atom. The van der Waals surface area contributed by atoms with Crippen molar-refractivity contribution in [1.82, 2.24) is 10.3 Å². The molecule has 3 N–H and O–H groups in total. The Balaban J connectivity index is 2.27. The number of nitrogens with one attached hydrogen (secondary N) is 2. The molecule has 1 heterocycles. The third-order valence-electron chi connectivity index (χ3n) is 4.06. The molecule has 0 saturated carbocycles. The zero-order valence-electron chi connectivity index (χ0n) is 17.8. The lowest BCUT2D eigenvalue weighted by atomic mass is 10.0. The quantitative estimate of drug-likeness (QED) is 0.464. The summed E-state index contributed by atoms with van der Waals surface area (Å²) in [6, 6.07) is 6.76. The number of benzene rings is 1. The lowest BCUT2D eigenvalue weighted by molar-refractivity contribution is -0.137. The zero-order chi connectivity index (χ0) is 23.9. The Morgan fingerprint density at radius 3 is 2.50 bits per heavy atom. The maximum atomic E-state index is 12.9. The summed E-state index contributed by atoms with van der Waals surface area (Å²) < 4.78 is 5.79. The van der Waals surface area contributed by atoms with Gasteiger partial charge in [-0.05, 0) is 57.5 Å². The standard InChI is InChI=1S/C22H24BrN3O6/c1-22(2,3)32-21(31)26-17(8-9-18(27)28)20(30)25-16-7-6-14(23)11-15(16)19(29)13-5-4-10-24-12-13/h4-7,10-12,17H,8-9H2,1-3H3,(H,25,30)(H,26,31)(H,27,28)/t17-/m0/s1. The van der Waals surface area contributed by atoms with Gasteiger partial charge in [-0.3, -0.25) is 19.4 Å². The number of carbonyl (C=O) groups excluding carboxylic acids is 3. The molecule has 1 aromatic carbocycles. The summed E-state index contributed by atoms with van der Waals surface area (Å²) >= 11 is 3.31. The van der Waals surface area contributed by atoms with E-state index in [9.17, 15) is 19.2 Å². The molecule has 0 fully saturated rings. The van der Waals surface area contributed by atoms with E-state index in [1.807, 2.05) is 0 Å². The molecular formula is C22H24BrN3O6. The first-order chi connectivity index (χ1) is 15.0. The molecule has 2 aromatic rings. The molecule has 1 aromatic heterocycles. The van der Waals surface area contributed by atoms with Gasteiger partial charge in [0, 0.05) is 34.4 Å². The number of halogens is 1. The SMILES string of the molecule is CC(C)(C)OC(=O)N[C@@H](CCC(=O)O)C(=O)Nc1ccc(Br)cc1C(=O)c1cccnc1. The molecule has 9 nitrogen and oxygen atoms in total. The number of hydrogen-bond acceptors (Lipinski definition) is 6. The fourth-order valence-electron chi connectivity index (χ4n) is 2.67. The Hall–Kier alpha value is -3.27. The lowest BCUT2D eigenvalue weighted by Gasteiger charge is -2.23. The Bertz CT molecular complexity index is 1000. The van der Waals surface area contributed by atoms with Gasteiger partial charge >= 0.3 is 12.1 Å². The van der Waals surface area contributed by atoms with Crippen LogP contribution in [0, 0.1) is 0 Å². The minimum Gasteiger partial charge on any atom is -0.481 e. The summed E-state index contributed by atoms with van der Waals surface area (Å²) in [5.41, 5.74) is -0.0591. The second-order valence-corrected chi connectivity index (χ2v) is 8.80. The van der Waals surface area contributed by atoms with Gasteiger partial charge in [0.15, 0.2) is 5.78 Å². The van der Waals surface area contributed by atoms with Crippen molar-refractivity contribution in [1.29, 1.82) is 0 Å². The van der Waals surface area contributed by atoms with E-state index in [-0.39, 0.29) is 29.9 Å². The van der Waals surface area contributed by atoms with Crippen LogP contribution in [0.1, 0.15) is 49.5 Å². The minimum absolute atomic E-state index is 0.164. The Morgan fingerprint density at radius 1 is 1.19 bits per heavy atom. The van der Waals surface area contributed by atoms with Gasteiger partial charge in [0.2, 0.25) is 5.91 Å². The van der Waals surface area contributed by atoms with Crippen molar-refractivity contribution < 1.29 is 29.0 Å². The third kappa shape index (κ3) is 7.77. The van der Waals surface area contributed by atoms with E-state index < -0.39 is 29.6 Å². The van der Waals surface area contributed by atoms with Crippen molar-refractivity contribution in [3.05, 3.63) is 58.3 Å². The topological polar surface area (TPSA) is 135 Å². The summed E-state index contributed by atoms with van der Waals surface area (Å²) in [7, 11) is 0. The van der Waals surface area contributed by atoms with Crippen molar-refractivity contribution in [3.63, 3.8) is 0 Å². The molecule has 0 bridgehead atoms. The molecule has 0 spiro atoms. The number of hydrogen-bond donors (Lipinski definition) is 3. The largest absolute Gasteiger partial charge is 0.481 e. The number of pyridine rings is 1. The van der Waals surface area contributed by atoms with E-state index in [0.717, 1.165) is 0 Å². The highest BCUT2D eigenvalue weighted by atomic mass is 79.9. The van der Waals surface area contributed by atoms with Crippen molar-refractivity contribution in [2.24, 2.45) is 0 Å². The van der Waals surface area contributed by atoms with E-state index in [0.29, 0.717) is 10.0 Å². The molecule has 1 atom stereocenters. The number of carbonyl (C=O) groups is 4. The molecule has 32 heavy (non-hydrogen) atoms. The smallest absolute Gasteiger partial charge is 0.408 e. The second kappa shape index (κ2) is 10.9. The van der Waals surface area contributed by atoms with Gasteiger partial charge in [-0.2, -0.15) is 0 Å². The molecule has 0 aliphatic carbocycles. The van der Waals surface area contributed by atoms with Crippen LogP contribution in [0.2, 0.25) is 0 Å². The first-order valence-corrected chi connectivity index (χ1v) is 10.5. The molecular weight excluding hydrogens is 482 g/mol.